The highest BCUT2D eigenvalue weighted by Crippen LogP contribution is 2.35. The minimum absolute atomic E-state index is 0.0784. The molecular weight excluding hydrogens is 318 g/mol. The van der Waals surface area contributed by atoms with E-state index in [1.807, 2.05) is 43.3 Å². The molecule has 24 heavy (non-hydrogen) atoms. The third kappa shape index (κ3) is 3.71. The Balaban J connectivity index is 2.01. The summed E-state index contributed by atoms with van der Waals surface area (Å²) < 4.78 is 0. The Hall–Kier alpha value is -2.46. The molecule has 1 N–H and O–H groups in total. The van der Waals surface area contributed by atoms with Crippen molar-refractivity contribution in [1.29, 1.82) is 0 Å². The van der Waals surface area contributed by atoms with Gasteiger partial charge in [0.05, 0.1) is 18.0 Å². The fourth-order valence-corrected chi connectivity index (χ4v) is 4.02. The van der Waals surface area contributed by atoms with Gasteiger partial charge in [0.25, 0.3) is 0 Å². The highest BCUT2D eigenvalue weighted by atomic mass is 32.1. The molecule has 0 fully saturated rings. The van der Waals surface area contributed by atoms with Gasteiger partial charge in [-0.05, 0) is 24.5 Å². The molecule has 0 spiro atoms. The molecule has 0 aliphatic carbocycles. The van der Waals surface area contributed by atoms with E-state index in [-0.39, 0.29) is 12.3 Å². The molecule has 2 aromatic carbocycles. The van der Waals surface area contributed by atoms with Crippen molar-refractivity contribution in [3.8, 4) is 0 Å². The van der Waals surface area contributed by atoms with E-state index in [1.54, 1.807) is 11.3 Å². The Morgan fingerprint density at radius 1 is 1.04 bits per heavy atom. The van der Waals surface area contributed by atoms with Gasteiger partial charge in [-0.25, -0.2) is 4.98 Å². The lowest BCUT2D eigenvalue weighted by molar-refractivity contribution is -0.136. The van der Waals surface area contributed by atoms with E-state index in [0.717, 1.165) is 15.6 Å². The van der Waals surface area contributed by atoms with Crippen molar-refractivity contribution in [3.05, 3.63) is 87.4 Å². The predicted molar refractivity (Wildman–Crippen MR) is 96.6 cm³/mol. The van der Waals surface area contributed by atoms with Crippen LogP contribution in [0.4, 0.5) is 0 Å². The van der Waals surface area contributed by atoms with Crippen LogP contribution in [-0.2, 0) is 11.2 Å². The first-order valence-corrected chi connectivity index (χ1v) is 8.74. The summed E-state index contributed by atoms with van der Waals surface area (Å²) in [6.07, 6.45) is 0.680. The summed E-state index contributed by atoms with van der Waals surface area (Å²) in [7, 11) is 0. The van der Waals surface area contributed by atoms with Crippen molar-refractivity contribution in [2.75, 3.05) is 0 Å². The van der Waals surface area contributed by atoms with Crippen LogP contribution in [0.3, 0.4) is 0 Å². The zero-order valence-electron chi connectivity index (χ0n) is 13.5. The number of carboxylic acid groups (broad SMARTS) is 1. The molecule has 0 aliphatic rings. The van der Waals surface area contributed by atoms with E-state index < -0.39 is 5.97 Å². The molecule has 0 radical (unpaired) electrons. The van der Waals surface area contributed by atoms with Crippen LogP contribution < -0.4 is 0 Å². The molecule has 3 nitrogen and oxygen atoms in total. The lowest BCUT2D eigenvalue weighted by Crippen LogP contribution is -2.02. The van der Waals surface area contributed by atoms with Crippen LogP contribution >= 0.6 is 11.3 Å². The van der Waals surface area contributed by atoms with Crippen LogP contribution in [0.5, 0.6) is 0 Å². The van der Waals surface area contributed by atoms with Crippen LogP contribution in [0, 0.1) is 6.92 Å². The number of hydrogen-bond donors (Lipinski definition) is 1. The molecule has 4 heteroatoms. The lowest BCUT2D eigenvalue weighted by atomic mass is 9.92. The molecule has 0 aliphatic heterocycles. The Labute approximate surface area is 145 Å². The molecule has 0 bridgehead atoms. The van der Waals surface area contributed by atoms with Crippen molar-refractivity contribution < 1.29 is 9.90 Å². The third-order valence-electron chi connectivity index (χ3n) is 3.99. The number of carbonyl (C=O) groups is 1. The number of carboxylic acids is 1. The van der Waals surface area contributed by atoms with Crippen molar-refractivity contribution in [1.82, 2.24) is 4.98 Å². The number of hydrogen-bond acceptors (Lipinski definition) is 3. The summed E-state index contributed by atoms with van der Waals surface area (Å²) in [5.41, 5.74) is 3.33. The van der Waals surface area contributed by atoms with E-state index in [9.17, 15) is 4.79 Å². The van der Waals surface area contributed by atoms with E-state index in [1.165, 1.54) is 11.1 Å². The molecular formula is C20H19NO2S. The van der Waals surface area contributed by atoms with Gasteiger partial charge < -0.3 is 5.11 Å². The quantitative estimate of drug-likeness (QED) is 0.712. The molecule has 3 rings (SSSR count). The number of benzene rings is 2. The highest BCUT2D eigenvalue weighted by molar-refractivity contribution is 7.11. The molecule has 0 saturated carbocycles. The second-order valence-corrected chi connectivity index (χ2v) is 6.82. The summed E-state index contributed by atoms with van der Waals surface area (Å²) >= 11 is 1.62. The number of rotatable bonds is 6. The van der Waals surface area contributed by atoms with Gasteiger partial charge in [0, 0.05) is 4.88 Å². The minimum Gasteiger partial charge on any atom is -0.481 e. The van der Waals surface area contributed by atoms with Gasteiger partial charge in [-0.15, -0.1) is 11.3 Å². The van der Waals surface area contributed by atoms with Gasteiger partial charge in [-0.3, -0.25) is 4.79 Å². The molecule has 0 unspecified atom stereocenters. The average molecular weight is 337 g/mol. The Morgan fingerprint density at radius 2 is 1.58 bits per heavy atom. The first-order chi connectivity index (χ1) is 11.6. The standard InChI is InChI=1S/C20H19NO2S/c1-14-17(12-13-18(22)23)24-20(21-14)19(15-8-4-2-5-9-15)16-10-6-3-7-11-16/h2-11,19H,12-13H2,1H3,(H,22,23). The molecule has 0 atom stereocenters. The Morgan fingerprint density at radius 3 is 2.08 bits per heavy atom. The average Bonchev–Trinajstić information content (AvgIpc) is 2.95. The first-order valence-electron chi connectivity index (χ1n) is 7.93. The molecule has 1 heterocycles. The second kappa shape index (κ2) is 7.41. The van der Waals surface area contributed by atoms with E-state index in [0.29, 0.717) is 6.42 Å². The predicted octanol–water partition coefficient (Wildman–Crippen LogP) is 4.65. The fourth-order valence-electron chi connectivity index (χ4n) is 2.79. The smallest absolute Gasteiger partial charge is 0.303 e. The van der Waals surface area contributed by atoms with Crippen LogP contribution in [0.25, 0.3) is 0 Å². The highest BCUT2D eigenvalue weighted by Gasteiger charge is 2.21. The van der Waals surface area contributed by atoms with Crippen molar-refractivity contribution in [2.24, 2.45) is 0 Å². The van der Waals surface area contributed by atoms with Crippen LogP contribution in [0.2, 0.25) is 0 Å². The molecule has 122 valence electrons. The molecule has 3 aromatic rings. The summed E-state index contributed by atoms with van der Waals surface area (Å²) in [6, 6.07) is 20.6. The monoisotopic (exact) mass is 337 g/mol. The molecule has 0 saturated heterocycles. The molecule has 0 amide bonds. The summed E-state index contributed by atoms with van der Waals surface area (Å²) in [4.78, 5) is 16.7. The van der Waals surface area contributed by atoms with E-state index >= 15 is 0 Å². The van der Waals surface area contributed by atoms with Gasteiger partial charge in [0.15, 0.2) is 0 Å². The van der Waals surface area contributed by atoms with Gasteiger partial charge in [0.2, 0.25) is 0 Å². The summed E-state index contributed by atoms with van der Waals surface area (Å²) in [5.74, 6) is -0.693. The Bertz CT molecular complexity index is 773. The molecule has 1 aromatic heterocycles. The number of aliphatic carboxylic acids is 1. The van der Waals surface area contributed by atoms with E-state index in [2.05, 4.69) is 24.3 Å². The van der Waals surface area contributed by atoms with Gasteiger partial charge >= 0.3 is 5.97 Å². The summed E-state index contributed by atoms with van der Waals surface area (Å²) in [6.45, 7) is 1.96. The topological polar surface area (TPSA) is 50.2 Å². The van der Waals surface area contributed by atoms with Gasteiger partial charge in [-0.1, -0.05) is 60.7 Å². The number of thiazole rings is 1. The minimum atomic E-state index is -0.771. The number of aromatic nitrogens is 1. The largest absolute Gasteiger partial charge is 0.481 e. The SMILES string of the molecule is Cc1nc(C(c2ccccc2)c2ccccc2)sc1CCC(=O)O. The normalized spacial score (nSPS) is 10.9. The number of aryl methyl sites for hydroxylation is 2. The first kappa shape index (κ1) is 16.4. The maximum absolute atomic E-state index is 10.9. The van der Waals surface area contributed by atoms with Gasteiger partial charge in [-0.2, -0.15) is 0 Å². The van der Waals surface area contributed by atoms with Crippen LogP contribution in [-0.4, -0.2) is 16.1 Å². The maximum Gasteiger partial charge on any atom is 0.303 e. The maximum atomic E-state index is 10.9. The van der Waals surface area contributed by atoms with Crippen molar-refractivity contribution in [3.63, 3.8) is 0 Å². The van der Waals surface area contributed by atoms with Gasteiger partial charge in [0.1, 0.15) is 5.01 Å². The zero-order chi connectivity index (χ0) is 16.9. The van der Waals surface area contributed by atoms with Crippen LogP contribution in [0.15, 0.2) is 60.7 Å². The number of nitrogens with zero attached hydrogens (tertiary/aromatic N) is 1. The Kier molecular flexibility index (Phi) is 5.06. The van der Waals surface area contributed by atoms with E-state index in [4.69, 9.17) is 10.1 Å². The third-order valence-corrected chi connectivity index (χ3v) is 5.27. The zero-order valence-corrected chi connectivity index (χ0v) is 14.3. The summed E-state index contributed by atoms with van der Waals surface area (Å²) in [5, 5.41) is 9.94. The lowest BCUT2D eigenvalue weighted by Gasteiger charge is -2.15. The fraction of sp³-hybridized carbons (Fsp3) is 0.200. The van der Waals surface area contributed by atoms with Crippen molar-refractivity contribution >= 4 is 17.3 Å². The second-order valence-electron chi connectivity index (χ2n) is 5.71. The van der Waals surface area contributed by atoms with Crippen LogP contribution in [0.1, 0.15) is 39.0 Å². The van der Waals surface area contributed by atoms with Crippen molar-refractivity contribution in [2.45, 2.75) is 25.7 Å².